The van der Waals surface area contributed by atoms with Crippen LogP contribution >= 0.6 is 0 Å². The van der Waals surface area contributed by atoms with Gasteiger partial charge in [-0.1, -0.05) is 6.07 Å². The van der Waals surface area contributed by atoms with Gasteiger partial charge in [-0.05, 0) is 31.0 Å². The number of halogens is 1. The van der Waals surface area contributed by atoms with Gasteiger partial charge in [-0.15, -0.1) is 0 Å². The second-order valence-corrected chi connectivity index (χ2v) is 2.11. The van der Waals surface area contributed by atoms with Crippen LogP contribution in [0.25, 0.3) is 0 Å². The zero-order valence-electron chi connectivity index (χ0n) is 5.53. The van der Waals surface area contributed by atoms with Gasteiger partial charge in [-0.25, -0.2) is 4.39 Å². The van der Waals surface area contributed by atoms with E-state index in [-0.39, 0.29) is 5.82 Å². The van der Waals surface area contributed by atoms with Crippen LogP contribution < -0.4 is 0 Å². The molecule has 0 aliphatic rings. The molecule has 9 heavy (non-hydrogen) atoms. The Morgan fingerprint density at radius 2 is 2.00 bits per heavy atom. The van der Waals surface area contributed by atoms with Crippen molar-refractivity contribution in [2.75, 3.05) is 0 Å². The highest BCUT2D eigenvalue weighted by molar-refractivity contribution is 5.23. The van der Waals surface area contributed by atoms with E-state index in [2.05, 4.69) is 6.07 Å². The second-order valence-electron chi connectivity index (χ2n) is 2.11. The molecular formula is C8H8F. The molecule has 47 valence electrons. The Morgan fingerprint density at radius 1 is 1.33 bits per heavy atom. The van der Waals surface area contributed by atoms with E-state index in [0.29, 0.717) is 0 Å². The molecule has 0 bridgehead atoms. The predicted molar refractivity (Wildman–Crippen MR) is 34.7 cm³/mol. The number of hydrogen-bond acceptors (Lipinski definition) is 0. The normalized spacial score (nSPS) is 9.67. The lowest BCUT2D eigenvalue weighted by molar-refractivity contribution is 0.623. The Hall–Kier alpha value is -0.850. The van der Waals surface area contributed by atoms with E-state index in [9.17, 15) is 4.39 Å². The fourth-order valence-electron chi connectivity index (χ4n) is 0.643. The van der Waals surface area contributed by atoms with Crippen LogP contribution in [-0.2, 0) is 0 Å². The smallest absolute Gasteiger partial charge is 0.131 e. The molecule has 1 aromatic rings. The summed E-state index contributed by atoms with van der Waals surface area (Å²) in [5.74, 6) is -0.280. The molecule has 0 amide bonds. The van der Waals surface area contributed by atoms with Crippen molar-refractivity contribution >= 4 is 0 Å². The molecule has 1 heteroatoms. The van der Waals surface area contributed by atoms with E-state index in [4.69, 9.17) is 0 Å². The average Bonchev–Trinajstić information content (AvgIpc) is 1.80. The van der Waals surface area contributed by atoms with E-state index in [0.717, 1.165) is 11.1 Å². The maximum Gasteiger partial charge on any atom is 0.131 e. The quantitative estimate of drug-likeness (QED) is 0.496. The number of hydrogen-bond donors (Lipinski definition) is 0. The van der Waals surface area contributed by atoms with E-state index < -0.39 is 0 Å². The number of benzene rings is 1. The van der Waals surface area contributed by atoms with E-state index in [1.54, 1.807) is 6.07 Å². The van der Waals surface area contributed by atoms with Crippen molar-refractivity contribution in [1.29, 1.82) is 0 Å². The Kier molecular flexibility index (Phi) is 1.52. The van der Waals surface area contributed by atoms with Crippen molar-refractivity contribution in [3.63, 3.8) is 0 Å². The monoisotopic (exact) mass is 123 g/mol. The van der Waals surface area contributed by atoms with Crippen LogP contribution in [0.3, 0.4) is 0 Å². The minimum atomic E-state index is -0.280. The first-order valence-electron chi connectivity index (χ1n) is 2.85. The molecule has 0 N–H and O–H groups in total. The lowest BCUT2D eigenvalue weighted by Gasteiger charge is -1.95. The Labute approximate surface area is 54.3 Å². The SMILES string of the molecule is Cc1[c]c(F)ccc1C. The van der Waals surface area contributed by atoms with E-state index >= 15 is 0 Å². The Bertz CT molecular complexity index is 216. The molecule has 0 saturated heterocycles. The van der Waals surface area contributed by atoms with Gasteiger partial charge in [0.25, 0.3) is 0 Å². The molecule has 1 rings (SSSR count). The summed E-state index contributed by atoms with van der Waals surface area (Å²) >= 11 is 0. The average molecular weight is 123 g/mol. The predicted octanol–water partition coefficient (Wildman–Crippen LogP) is 2.24. The zero-order chi connectivity index (χ0) is 6.85. The summed E-state index contributed by atoms with van der Waals surface area (Å²) in [6.07, 6.45) is 0. The molecule has 0 saturated carbocycles. The highest BCUT2D eigenvalue weighted by Crippen LogP contribution is 2.06. The first-order valence-corrected chi connectivity index (χ1v) is 2.85. The van der Waals surface area contributed by atoms with E-state index in [1.165, 1.54) is 6.07 Å². The molecule has 0 nitrogen and oxygen atoms in total. The van der Waals surface area contributed by atoms with Crippen LogP contribution in [0.5, 0.6) is 0 Å². The third-order valence-corrected chi connectivity index (χ3v) is 1.38. The minimum Gasteiger partial charge on any atom is -0.206 e. The summed E-state index contributed by atoms with van der Waals surface area (Å²) in [7, 11) is 0. The third-order valence-electron chi connectivity index (χ3n) is 1.38. The van der Waals surface area contributed by atoms with Crippen LogP contribution in [0.4, 0.5) is 4.39 Å². The molecule has 0 atom stereocenters. The van der Waals surface area contributed by atoms with Crippen molar-refractivity contribution in [2.45, 2.75) is 13.8 Å². The molecule has 1 radical (unpaired) electrons. The Balaban J connectivity index is 3.17. The summed E-state index contributed by atoms with van der Waals surface area (Å²) in [5, 5.41) is 0. The summed E-state index contributed by atoms with van der Waals surface area (Å²) in [4.78, 5) is 0. The topological polar surface area (TPSA) is 0 Å². The van der Waals surface area contributed by atoms with Crippen molar-refractivity contribution in [3.8, 4) is 0 Å². The second kappa shape index (κ2) is 2.18. The fraction of sp³-hybridized carbons (Fsp3) is 0.250. The summed E-state index contributed by atoms with van der Waals surface area (Å²) < 4.78 is 12.3. The molecule has 1 aromatic carbocycles. The lowest BCUT2D eigenvalue weighted by Crippen LogP contribution is -1.81. The summed E-state index contributed by atoms with van der Waals surface area (Å²) in [6.45, 7) is 3.78. The van der Waals surface area contributed by atoms with Crippen LogP contribution in [0, 0.1) is 25.7 Å². The molecule has 0 unspecified atom stereocenters. The van der Waals surface area contributed by atoms with Gasteiger partial charge in [0.2, 0.25) is 0 Å². The maximum absolute atomic E-state index is 12.3. The van der Waals surface area contributed by atoms with Gasteiger partial charge < -0.3 is 0 Å². The largest absolute Gasteiger partial charge is 0.206 e. The maximum atomic E-state index is 12.3. The van der Waals surface area contributed by atoms with Crippen molar-refractivity contribution in [1.82, 2.24) is 0 Å². The fourth-order valence-corrected chi connectivity index (χ4v) is 0.643. The van der Waals surface area contributed by atoms with Crippen LogP contribution in [0.2, 0.25) is 0 Å². The molecule has 0 aliphatic heterocycles. The third kappa shape index (κ3) is 1.28. The van der Waals surface area contributed by atoms with E-state index in [1.807, 2.05) is 13.8 Å². The van der Waals surface area contributed by atoms with Crippen LogP contribution in [0.15, 0.2) is 12.1 Å². The van der Waals surface area contributed by atoms with Crippen molar-refractivity contribution in [3.05, 3.63) is 35.1 Å². The van der Waals surface area contributed by atoms with Gasteiger partial charge in [-0.3, -0.25) is 0 Å². The van der Waals surface area contributed by atoms with Crippen LogP contribution in [-0.4, -0.2) is 0 Å². The van der Waals surface area contributed by atoms with Gasteiger partial charge in [-0.2, -0.15) is 0 Å². The van der Waals surface area contributed by atoms with Gasteiger partial charge >= 0.3 is 0 Å². The van der Waals surface area contributed by atoms with Crippen LogP contribution in [0.1, 0.15) is 11.1 Å². The highest BCUT2D eigenvalue weighted by Gasteiger charge is 1.92. The Morgan fingerprint density at radius 3 is 2.44 bits per heavy atom. The zero-order valence-corrected chi connectivity index (χ0v) is 5.53. The van der Waals surface area contributed by atoms with Gasteiger partial charge in [0, 0.05) is 6.07 Å². The first kappa shape index (κ1) is 6.27. The summed E-state index contributed by atoms with van der Waals surface area (Å²) in [6, 6.07) is 5.74. The van der Waals surface area contributed by atoms with Gasteiger partial charge in [0.05, 0.1) is 0 Å². The standard InChI is InChI=1S/C8H8F/c1-6-3-4-8(9)5-7(6)2/h3-4H,1-2H3. The summed E-state index contributed by atoms with van der Waals surface area (Å²) in [5.41, 5.74) is 1.96. The molecular weight excluding hydrogens is 115 g/mol. The molecule has 0 spiro atoms. The number of rotatable bonds is 0. The molecule has 0 aromatic heterocycles. The first-order chi connectivity index (χ1) is 4.20. The molecule has 0 fully saturated rings. The van der Waals surface area contributed by atoms with Gasteiger partial charge in [0.1, 0.15) is 5.82 Å². The highest BCUT2D eigenvalue weighted by atomic mass is 19.1. The number of aryl methyl sites for hydroxylation is 2. The van der Waals surface area contributed by atoms with Gasteiger partial charge in [0.15, 0.2) is 0 Å². The lowest BCUT2D eigenvalue weighted by atomic mass is 10.1. The van der Waals surface area contributed by atoms with Crippen molar-refractivity contribution in [2.24, 2.45) is 0 Å². The minimum absolute atomic E-state index is 0.280. The molecule has 0 aliphatic carbocycles. The molecule has 0 heterocycles. The van der Waals surface area contributed by atoms with Crippen molar-refractivity contribution < 1.29 is 4.39 Å².